The van der Waals surface area contributed by atoms with E-state index in [2.05, 4.69) is 10.5 Å². The molecule has 3 rings (SSSR count). The van der Waals surface area contributed by atoms with Crippen molar-refractivity contribution in [3.63, 3.8) is 0 Å². The number of nitrogens with zero attached hydrogens (tertiary/aromatic N) is 1. The van der Waals surface area contributed by atoms with Crippen LogP contribution in [-0.4, -0.2) is 11.3 Å². The number of fused-ring (bicyclic) bond motifs is 1. The summed E-state index contributed by atoms with van der Waals surface area (Å²) in [6, 6.07) is 18.7. The standard InChI is InChI=1S/C17H13ClN2O/c18-13-6-8-14(9-7-13)20-19-11-16-15-4-2-1-3-12(15)5-10-17(16)21/h1-11,20-21H/b19-11+. The maximum Gasteiger partial charge on any atom is 0.125 e. The zero-order valence-electron chi connectivity index (χ0n) is 11.1. The highest BCUT2D eigenvalue weighted by molar-refractivity contribution is 6.30. The van der Waals surface area contributed by atoms with E-state index >= 15 is 0 Å². The second-order valence-electron chi connectivity index (χ2n) is 4.60. The molecule has 3 aromatic rings. The van der Waals surface area contributed by atoms with Crippen molar-refractivity contribution < 1.29 is 5.11 Å². The fourth-order valence-corrected chi connectivity index (χ4v) is 2.24. The third-order valence-electron chi connectivity index (χ3n) is 3.18. The zero-order chi connectivity index (χ0) is 14.7. The molecule has 0 unspecified atom stereocenters. The van der Waals surface area contributed by atoms with Gasteiger partial charge in [-0.2, -0.15) is 5.10 Å². The van der Waals surface area contributed by atoms with Gasteiger partial charge in [0.05, 0.1) is 11.9 Å². The molecule has 104 valence electrons. The van der Waals surface area contributed by atoms with Gasteiger partial charge in [-0.25, -0.2) is 0 Å². The summed E-state index contributed by atoms with van der Waals surface area (Å²) in [4.78, 5) is 0. The van der Waals surface area contributed by atoms with E-state index in [1.807, 2.05) is 42.5 Å². The molecule has 0 aromatic heterocycles. The summed E-state index contributed by atoms with van der Waals surface area (Å²) in [6.45, 7) is 0. The molecule has 0 heterocycles. The maximum absolute atomic E-state index is 10.0. The van der Waals surface area contributed by atoms with Gasteiger partial charge in [-0.15, -0.1) is 0 Å². The first-order chi connectivity index (χ1) is 10.2. The van der Waals surface area contributed by atoms with Gasteiger partial charge in [0.1, 0.15) is 5.75 Å². The third kappa shape index (κ3) is 2.98. The third-order valence-corrected chi connectivity index (χ3v) is 3.43. The Morgan fingerprint density at radius 1 is 0.952 bits per heavy atom. The Labute approximate surface area is 127 Å². The lowest BCUT2D eigenvalue weighted by molar-refractivity contribution is 0.475. The molecule has 0 aliphatic rings. The predicted octanol–water partition coefficient (Wildman–Crippen LogP) is 4.64. The van der Waals surface area contributed by atoms with E-state index in [-0.39, 0.29) is 5.75 Å². The number of phenolic OH excluding ortho intramolecular Hbond substituents is 1. The number of benzene rings is 3. The fraction of sp³-hybridized carbons (Fsp3) is 0. The van der Waals surface area contributed by atoms with Crippen molar-refractivity contribution in [1.29, 1.82) is 0 Å². The molecule has 0 spiro atoms. The molecule has 21 heavy (non-hydrogen) atoms. The van der Waals surface area contributed by atoms with E-state index in [4.69, 9.17) is 11.6 Å². The number of aromatic hydroxyl groups is 1. The van der Waals surface area contributed by atoms with Gasteiger partial charge in [-0.05, 0) is 41.1 Å². The van der Waals surface area contributed by atoms with Crippen molar-refractivity contribution in [1.82, 2.24) is 0 Å². The first kappa shape index (κ1) is 13.5. The van der Waals surface area contributed by atoms with Gasteiger partial charge in [0.25, 0.3) is 0 Å². The Balaban J connectivity index is 1.89. The summed E-state index contributed by atoms with van der Waals surface area (Å²) in [7, 11) is 0. The quantitative estimate of drug-likeness (QED) is 0.546. The summed E-state index contributed by atoms with van der Waals surface area (Å²) in [6.07, 6.45) is 1.62. The summed E-state index contributed by atoms with van der Waals surface area (Å²) >= 11 is 5.83. The zero-order valence-corrected chi connectivity index (χ0v) is 11.9. The molecule has 0 aliphatic heterocycles. The largest absolute Gasteiger partial charge is 0.507 e. The van der Waals surface area contributed by atoms with E-state index in [0.717, 1.165) is 16.5 Å². The summed E-state index contributed by atoms with van der Waals surface area (Å²) < 4.78 is 0. The van der Waals surface area contributed by atoms with E-state index < -0.39 is 0 Å². The Morgan fingerprint density at radius 2 is 1.71 bits per heavy atom. The van der Waals surface area contributed by atoms with Crippen LogP contribution in [-0.2, 0) is 0 Å². The van der Waals surface area contributed by atoms with Gasteiger partial charge >= 0.3 is 0 Å². The van der Waals surface area contributed by atoms with Crippen LogP contribution >= 0.6 is 11.6 Å². The first-order valence-electron chi connectivity index (χ1n) is 6.49. The second kappa shape index (κ2) is 5.85. The number of phenols is 1. The van der Waals surface area contributed by atoms with Crippen LogP contribution in [0.1, 0.15) is 5.56 Å². The van der Waals surface area contributed by atoms with Gasteiger partial charge in [-0.3, -0.25) is 5.43 Å². The van der Waals surface area contributed by atoms with E-state index in [0.29, 0.717) is 10.6 Å². The minimum atomic E-state index is 0.204. The highest BCUT2D eigenvalue weighted by Crippen LogP contribution is 2.25. The van der Waals surface area contributed by atoms with Crippen LogP contribution in [0, 0.1) is 0 Å². The number of hydrogen-bond donors (Lipinski definition) is 2. The van der Waals surface area contributed by atoms with Gasteiger partial charge in [0, 0.05) is 10.6 Å². The van der Waals surface area contributed by atoms with E-state index in [9.17, 15) is 5.11 Å². The van der Waals surface area contributed by atoms with E-state index in [1.165, 1.54) is 0 Å². The molecule has 2 N–H and O–H groups in total. The Hall–Kier alpha value is -2.52. The van der Waals surface area contributed by atoms with Crippen molar-refractivity contribution in [2.75, 3.05) is 5.43 Å². The number of hydrogen-bond acceptors (Lipinski definition) is 3. The molecule has 0 aliphatic carbocycles. The minimum absolute atomic E-state index is 0.204. The number of nitrogens with one attached hydrogen (secondary N) is 1. The molecular formula is C17H13ClN2O. The molecule has 0 atom stereocenters. The lowest BCUT2D eigenvalue weighted by Gasteiger charge is -2.05. The Morgan fingerprint density at radius 3 is 2.52 bits per heavy atom. The molecule has 0 amide bonds. The van der Waals surface area contributed by atoms with Crippen LogP contribution in [0.2, 0.25) is 5.02 Å². The van der Waals surface area contributed by atoms with Crippen molar-refractivity contribution in [3.8, 4) is 5.75 Å². The van der Waals surface area contributed by atoms with Crippen molar-refractivity contribution in [3.05, 3.63) is 71.2 Å². The van der Waals surface area contributed by atoms with Crippen molar-refractivity contribution in [2.24, 2.45) is 5.10 Å². The fourth-order valence-electron chi connectivity index (χ4n) is 2.12. The van der Waals surface area contributed by atoms with Crippen LogP contribution in [0.4, 0.5) is 5.69 Å². The van der Waals surface area contributed by atoms with Crippen molar-refractivity contribution in [2.45, 2.75) is 0 Å². The lowest BCUT2D eigenvalue weighted by atomic mass is 10.0. The van der Waals surface area contributed by atoms with Gasteiger partial charge < -0.3 is 5.11 Å². The average molecular weight is 297 g/mol. The minimum Gasteiger partial charge on any atom is -0.507 e. The SMILES string of the molecule is Oc1ccc2ccccc2c1/C=N/Nc1ccc(Cl)cc1. The molecule has 0 fully saturated rings. The maximum atomic E-state index is 10.0. The van der Waals surface area contributed by atoms with Crippen LogP contribution in [0.15, 0.2) is 65.8 Å². The number of hydrazone groups is 1. The summed E-state index contributed by atoms with van der Waals surface area (Å²) in [5.74, 6) is 0.204. The monoisotopic (exact) mass is 296 g/mol. The van der Waals surface area contributed by atoms with Crippen LogP contribution < -0.4 is 5.43 Å². The number of anilines is 1. The van der Waals surface area contributed by atoms with Gasteiger partial charge in [-0.1, -0.05) is 41.9 Å². The molecule has 0 bridgehead atoms. The summed E-state index contributed by atoms with van der Waals surface area (Å²) in [5.41, 5.74) is 4.43. The molecule has 0 saturated heterocycles. The Kier molecular flexibility index (Phi) is 3.75. The predicted molar refractivity (Wildman–Crippen MR) is 88.3 cm³/mol. The van der Waals surface area contributed by atoms with Crippen molar-refractivity contribution >= 4 is 34.3 Å². The smallest absolute Gasteiger partial charge is 0.125 e. The molecule has 3 aromatic carbocycles. The van der Waals surface area contributed by atoms with Crippen LogP contribution in [0.5, 0.6) is 5.75 Å². The summed E-state index contributed by atoms with van der Waals surface area (Å²) in [5, 5.41) is 16.9. The van der Waals surface area contributed by atoms with Crippen LogP contribution in [0.3, 0.4) is 0 Å². The molecular weight excluding hydrogens is 284 g/mol. The second-order valence-corrected chi connectivity index (χ2v) is 5.03. The normalized spacial score (nSPS) is 11.1. The number of halogens is 1. The van der Waals surface area contributed by atoms with Gasteiger partial charge in [0.15, 0.2) is 0 Å². The average Bonchev–Trinajstić information content (AvgIpc) is 2.51. The molecule has 4 heteroatoms. The molecule has 3 nitrogen and oxygen atoms in total. The Bertz CT molecular complexity index is 797. The first-order valence-corrected chi connectivity index (χ1v) is 6.87. The molecule has 0 radical (unpaired) electrons. The molecule has 0 saturated carbocycles. The van der Waals surface area contributed by atoms with Crippen LogP contribution in [0.25, 0.3) is 10.8 Å². The highest BCUT2D eigenvalue weighted by Gasteiger charge is 2.03. The topological polar surface area (TPSA) is 44.6 Å². The number of rotatable bonds is 3. The lowest BCUT2D eigenvalue weighted by Crippen LogP contribution is -1.92. The van der Waals surface area contributed by atoms with Gasteiger partial charge in [0.2, 0.25) is 0 Å². The highest BCUT2D eigenvalue weighted by atomic mass is 35.5. The van der Waals surface area contributed by atoms with E-state index in [1.54, 1.807) is 24.4 Å².